The lowest BCUT2D eigenvalue weighted by Crippen LogP contribution is -2.19. The molecule has 2 N–H and O–H groups in total. The fourth-order valence-corrected chi connectivity index (χ4v) is 2.94. The van der Waals surface area contributed by atoms with E-state index in [4.69, 9.17) is 5.73 Å². The number of pyridine rings is 1. The van der Waals surface area contributed by atoms with E-state index in [2.05, 4.69) is 19.4 Å². The summed E-state index contributed by atoms with van der Waals surface area (Å²) in [4.78, 5) is 13.3. The summed E-state index contributed by atoms with van der Waals surface area (Å²) in [6, 6.07) is 6.04. The molecule has 0 saturated heterocycles. The molecule has 0 aliphatic rings. The highest BCUT2D eigenvalue weighted by molar-refractivity contribution is 7.99. The van der Waals surface area contributed by atoms with Gasteiger partial charge in [0.1, 0.15) is 10.7 Å². The zero-order valence-corrected chi connectivity index (χ0v) is 12.8. The Hall–Kier alpha value is -1.92. The number of nitrogens with two attached hydrogens (primary N) is 1. The van der Waals surface area contributed by atoms with Gasteiger partial charge in [0.25, 0.3) is 0 Å². The van der Waals surface area contributed by atoms with Gasteiger partial charge in [0.05, 0.1) is 5.69 Å². The Labute approximate surface area is 127 Å². The second kappa shape index (κ2) is 5.83. The molecule has 3 aromatic rings. The van der Waals surface area contributed by atoms with Crippen molar-refractivity contribution in [2.24, 2.45) is 5.73 Å². The standard InChI is InChI=1S/C15H17N5S/c1-10-8-17-15(18-9-10)21-14-12(7-11(2)16)20-6-4-3-5-13(20)19-14/h3-6,8-9,11H,7,16H2,1-2H3. The summed E-state index contributed by atoms with van der Waals surface area (Å²) in [5, 5.41) is 1.62. The van der Waals surface area contributed by atoms with Crippen LogP contribution in [0.2, 0.25) is 0 Å². The maximum atomic E-state index is 5.98. The summed E-state index contributed by atoms with van der Waals surface area (Å²) in [5.74, 6) is 0. The van der Waals surface area contributed by atoms with Gasteiger partial charge < -0.3 is 10.1 Å². The summed E-state index contributed by atoms with van der Waals surface area (Å²) in [6.07, 6.45) is 6.41. The minimum absolute atomic E-state index is 0.0726. The van der Waals surface area contributed by atoms with E-state index in [0.717, 1.165) is 28.4 Å². The topological polar surface area (TPSA) is 69.1 Å². The number of rotatable bonds is 4. The van der Waals surface area contributed by atoms with Crippen molar-refractivity contribution in [1.29, 1.82) is 0 Å². The maximum Gasteiger partial charge on any atom is 0.193 e. The van der Waals surface area contributed by atoms with Gasteiger partial charge in [-0.05, 0) is 43.3 Å². The Balaban J connectivity index is 2.02. The normalized spacial score (nSPS) is 12.7. The van der Waals surface area contributed by atoms with Crippen molar-refractivity contribution >= 4 is 17.4 Å². The zero-order valence-electron chi connectivity index (χ0n) is 12.0. The predicted octanol–water partition coefficient (Wildman–Crippen LogP) is 2.47. The average molecular weight is 299 g/mol. The highest BCUT2D eigenvalue weighted by atomic mass is 32.2. The largest absolute Gasteiger partial charge is 0.328 e. The molecule has 1 atom stereocenters. The van der Waals surface area contributed by atoms with Gasteiger partial charge in [-0.15, -0.1) is 0 Å². The van der Waals surface area contributed by atoms with E-state index in [1.807, 2.05) is 50.6 Å². The van der Waals surface area contributed by atoms with Gasteiger partial charge in [-0.1, -0.05) is 6.07 Å². The van der Waals surface area contributed by atoms with Crippen LogP contribution in [0.15, 0.2) is 47.0 Å². The number of aromatic nitrogens is 4. The SMILES string of the molecule is Cc1cnc(Sc2nc3ccccn3c2CC(C)N)nc1. The van der Waals surface area contributed by atoms with Crippen LogP contribution in [0, 0.1) is 6.92 Å². The molecule has 3 rings (SSSR count). The van der Waals surface area contributed by atoms with Gasteiger partial charge in [0.2, 0.25) is 0 Å². The van der Waals surface area contributed by atoms with Crippen LogP contribution in [0.4, 0.5) is 0 Å². The van der Waals surface area contributed by atoms with Gasteiger partial charge in [-0.2, -0.15) is 0 Å². The molecule has 0 saturated carbocycles. The second-order valence-corrected chi connectivity index (χ2v) is 6.07. The van der Waals surface area contributed by atoms with Crippen LogP contribution in [0.5, 0.6) is 0 Å². The first-order valence-electron chi connectivity index (χ1n) is 6.81. The average Bonchev–Trinajstić information content (AvgIpc) is 2.79. The van der Waals surface area contributed by atoms with Crippen LogP contribution in [-0.4, -0.2) is 25.4 Å². The maximum absolute atomic E-state index is 5.98. The van der Waals surface area contributed by atoms with E-state index in [0.29, 0.717) is 5.16 Å². The first kappa shape index (κ1) is 14.0. The Kier molecular flexibility index (Phi) is 3.90. The number of hydrogen-bond donors (Lipinski definition) is 1. The van der Waals surface area contributed by atoms with Gasteiger partial charge >= 0.3 is 0 Å². The molecule has 108 valence electrons. The molecule has 0 radical (unpaired) electrons. The third kappa shape index (κ3) is 3.06. The van der Waals surface area contributed by atoms with Gasteiger partial charge in [0, 0.05) is 31.1 Å². The van der Waals surface area contributed by atoms with Gasteiger partial charge in [-0.25, -0.2) is 15.0 Å². The van der Waals surface area contributed by atoms with Crippen LogP contribution in [0.1, 0.15) is 18.2 Å². The molecule has 0 bridgehead atoms. The fraction of sp³-hybridized carbons (Fsp3) is 0.267. The Morgan fingerprint density at radius 3 is 2.76 bits per heavy atom. The van der Waals surface area contributed by atoms with Crippen LogP contribution in [0.3, 0.4) is 0 Å². The summed E-state index contributed by atoms with van der Waals surface area (Å²) in [7, 11) is 0. The molecular formula is C15H17N5S. The molecule has 1 unspecified atom stereocenters. The summed E-state index contributed by atoms with van der Waals surface area (Å²) >= 11 is 1.48. The molecule has 0 aromatic carbocycles. The van der Waals surface area contributed by atoms with Gasteiger partial charge in [-0.3, -0.25) is 0 Å². The van der Waals surface area contributed by atoms with Crippen molar-refractivity contribution in [3.63, 3.8) is 0 Å². The minimum Gasteiger partial charge on any atom is -0.328 e. The third-order valence-electron chi connectivity index (χ3n) is 3.05. The lowest BCUT2D eigenvalue weighted by Gasteiger charge is -2.07. The lowest BCUT2D eigenvalue weighted by atomic mass is 10.2. The summed E-state index contributed by atoms with van der Waals surface area (Å²) < 4.78 is 2.08. The third-order valence-corrected chi connectivity index (χ3v) is 3.97. The Morgan fingerprint density at radius 2 is 2.05 bits per heavy atom. The number of nitrogens with zero attached hydrogens (tertiary/aromatic N) is 4. The Morgan fingerprint density at radius 1 is 1.29 bits per heavy atom. The van der Waals surface area contributed by atoms with Crippen molar-refractivity contribution in [3.05, 3.63) is 48.0 Å². The molecule has 3 aromatic heterocycles. The van der Waals surface area contributed by atoms with Crippen molar-refractivity contribution < 1.29 is 0 Å². The molecule has 0 aliphatic heterocycles. The van der Waals surface area contributed by atoms with Crippen molar-refractivity contribution in [1.82, 2.24) is 19.4 Å². The highest BCUT2D eigenvalue weighted by Gasteiger charge is 2.15. The van der Waals surface area contributed by atoms with E-state index < -0.39 is 0 Å². The van der Waals surface area contributed by atoms with E-state index in [1.165, 1.54) is 11.8 Å². The minimum atomic E-state index is 0.0726. The number of hydrogen-bond acceptors (Lipinski definition) is 5. The van der Waals surface area contributed by atoms with Crippen molar-refractivity contribution in [2.75, 3.05) is 0 Å². The molecule has 0 spiro atoms. The summed E-state index contributed by atoms with van der Waals surface area (Å²) in [6.45, 7) is 3.97. The first-order chi connectivity index (χ1) is 10.1. The first-order valence-corrected chi connectivity index (χ1v) is 7.63. The molecule has 0 fully saturated rings. The molecule has 0 aliphatic carbocycles. The van der Waals surface area contributed by atoms with E-state index in [1.54, 1.807) is 0 Å². The van der Waals surface area contributed by atoms with Crippen LogP contribution in [-0.2, 0) is 6.42 Å². The molecule has 0 amide bonds. The molecule has 21 heavy (non-hydrogen) atoms. The molecular weight excluding hydrogens is 282 g/mol. The predicted molar refractivity (Wildman–Crippen MR) is 83.4 cm³/mol. The molecule has 3 heterocycles. The van der Waals surface area contributed by atoms with Crippen LogP contribution >= 0.6 is 11.8 Å². The zero-order chi connectivity index (χ0) is 14.8. The smallest absolute Gasteiger partial charge is 0.193 e. The van der Waals surface area contributed by atoms with Crippen LogP contribution in [0.25, 0.3) is 5.65 Å². The van der Waals surface area contributed by atoms with E-state index in [9.17, 15) is 0 Å². The number of imidazole rings is 1. The molecule has 6 heteroatoms. The van der Waals surface area contributed by atoms with Crippen molar-refractivity contribution in [2.45, 2.75) is 36.5 Å². The molecule has 5 nitrogen and oxygen atoms in total. The second-order valence-electron chi connectivity index (χ2n) is 5.12. The fourth-order valence-electron chi connectivity index (χ4n) is 2.12. The monoisotopic (exact) mass is 299 g/mol. The van der Waals surface area contributed by atoms with Crippen molar-refractivity contribution in [3.8, 4) is 0 Å². The lowest BCUT2D eigenvalue weighted by molar-refractivity contribution is 0.705. The van der Waals surface area contributed by atoms with Crippen LogP contribution < -0.4 is 5.73 Å². The summed E-state index contributed by atoms with van der Waals surface area (Å²) in [5.41, 5.74) is 9.05. The quantitative estimate of drug-likeness (QED) is 0.750. The van der Waals surface area contributed by atoms with E-state index >= 15 is 0 Å². The number of fused-ring (bicyclic) bond motifs is 1. The highest BCUT2D eigenvalue weighted by Crippen LogP contribution is 2.28. The van der Waals surface area contributed by atoms with E-state index in [-0.39, 0.29) is 6.04 Å². The van der Waals surface area contributed by atoms with Gasteiger partial charge in [0.15, 0.2) is 5.16 Å². The Bertz CT molecular complexity index is 748. The number of aryl methyl sites for hydroxylation is 1.